The number of morpholine rings is 1. The number of cyclic esters (lactones) is 1. The summed E-state index contributed by atoms with van der Waals surface area (Å²) in [4.78, 5) is 18.9. The second-order valence-corrected chi connectivity index (χ2v) is 8.56. The number of hydrogen-bond acceptors (Lipinski definition) is 5. The Morgan fingerprint density at radius 3 is 2.59 bits per heavy atom. The van der Waals surface area contributed by atoms with Gasteiger partial charge in [-0.05, 0) is 37.4 Å². The van der Waals surface area contributed by atoms with E-state index in [1.54, 1.807) is 0 Å². The molecule has 3 aliphatic heterocycles. The zero-order valence-corrected chi connectivity index (χ0v) is 17.5. The molecule has 3 rings (SSSR count). The Kier molecular flexibility index (Phi) is 7.55. The molecule has 1 N–H and O–H groups in total. The summed E-state index contributed by atoms with van der Waals surface area (Å²) in [5, 5.41) is 4.23. The summed E-state index contributed by atoms with van der Waals surface area (Å²) in [7, 11) is 0. The maximum absolute atomic E-state index is 12.2. The number of rotatable bonds is 6. The molecular weight excluding hydrogens is 364 g/mol. The summed E-state index contributed by atoms with van der Waals surface area (Å²) in [5.74, 6) is 0.565. The number of carbonyl (C=O) groups is 1. The van der Waals surface area contributed by atoms with Gasteiger partial charge in [0.1, 0.15) is 6.61 Å². The fourth-order valence-electron chi connectivity index (χ4n) is 4.25. The van der Waals surface area contributed by atoms with Gasteiger partial charge in [-0.3, -0.25) is 9.80 Å². The molecule has 0 aromatic carbocycles. The number of nitrogens with zero attached hydrogens (tertiary/aromatic N) is 3. The van der Waals surface area contributed by atoms with E-state index in [-0.39, 0.29) is 18.2 Å². The van der Waals surface area contributed by atoms with Gasteiger partial charge in [0.2, 0.25) is 0 Å². The fourth-order valence-corrected chi connectivity index (χ4v) is 4.53. The molecule has 0 aliphatic carbocycles. The predicted octanol–water partition coefficient (Wildman–Crippen LogP) is 1.52. The second kappa shape index (κ2) is 9.89. The average molecular weight is 399 g/mol. The van der Waals surface area contributed by atoms with Crippen molar-refractivity contribution < 1.29 is 14.3 Å². The van der Waals surface area contributed by atoms with Crippen molar-refractivity contribution >= 4 is 23.4 Å². The highest BCUT2D eigenvalue weighted by molar-refractivity contribution is 7.80. The lowest BCUT2D eigenvalue weighted by atomic mass is 9.98. The standard InChI is InChI=1S/C19H34N4O3S/c1-15(2)13-17-14-26-19(24)23(17)16-3-6-22(7-4-16)18(27)20-5-8-21-9-11-25-12-10-21/h15-17H,3-14H2,1-2H3,(H,20,27)/t17-/m0/s1. The van der Waals surface area contributed by atoms with Crippen LogP contribution in [0.5, 0.6) is 0 Å². The number of nitrogens with one attached hydrogen (secondary N) is 1. The van der Waals surface area contributed by atoms with Crippen LogP contribution in [-0.4, -0.2) is 97.1 Å². The van der Waals surface area contributed by atoms with Crippen LogP contribution in [0, 0.1) is 5.92 Å². The largest absolute Gasteiger partial charge is 0.447 e. The van der Waals surface area contributed by atoms with Crippen LogP contribution in [0.1, 0.15) is 33.1 Å². The van der Waals surface area contributed by atoms with Gasteiger partial charge in [0.05, 0.1) is 19.3 Å². The molecule has 7 nitrogen and oxygen atoms in total. The highest BCUT2D eigenvalue weighted by atomic mass is 32.1. The minimum atomic E-state index is -0.134. The average Bonchev–Trinajstić information content (AvgIpc) is 3.02. The van der Waals surface area contributed by atoms with Crippen LogP contribution in [0.2, 0.25) is 0 Å². The zero-order chi connectivity index (χ0) is 19.2. The molecule has 3 heterocycles. The van der Waals surface area contributed by atoms with Crippen molar-refractivity contribution in [2.24, 2.45) is 5.92 Å². The third-order valence-corrected chi connectivity index (χ3v) is 6.10. The molecule has 3 fully saturated rings. The molecule has 1 atom stereocenters. The van der Waals surface area contributed by atoms with E-state index >= 15 is 0 Å². The van der Waals surface area contributed by atoms with E-state index in [1.807, 2.05) is 4.90 Å². The minimum Gasteiger partial charge on any atom is -0.447 e. The van der Waals surface area contributed by atoms with E-state index in [0.717, 1.165) is 76.9 Å². The van der Waals surface area contributed by atoms with E-state index in [4.69, 9.17) is 21.7 Å². The van der Waals surface area contributed by atoms with Crippen molar-refractivity contribution in [3.8, 4) is 0 Å². The molecule has 8 heteroatoms. The molecule has 0 aromatic rings. The highest BCUT2D eigenvalue weighted by Gasteiger charge is 2.39. The topological polar surface area (TPSA) is 57.3 Å². The Morgan fingerprint density at radius 1 is 1.22 bits per heavy atom. The number of carbonyl (C=O) groups excluding carboxylic acids is 1. The molecule has 0 bridgehead atoms. The third kappa shape index (κ3) is 5.68. The maximum atomic E-state index is 12.2. The van der Waals surface area contributed by atoms with Crippen molar-refractivity contribution in [3.05, 3.63) is 0 Å². The predicted molar refractivity (Wildman–Crippen MR) is 109 cm³/mol. The maximum Gasteiger partial charge on any atom is 0.410 e. The van der Waals surface area contributed by atoms with Crippen molar-refractivity contribution in [3.63, 3.8) is 0 Å². The lowest BCUT2D eigenvalue weighted by Crippen LogP contribution is -2.52. The van der Waals surface area contributed by atoms with Crippen molar-refractivity contribution in [2.75, 3.05) is 59.1 Å². The van der Waals surface area contributed by atoms with Crippen molar-refractivity contribution in [1.29, 1.82) is 0 Å². The number of hydrogen-bond donors (Lipinski definition) is 1. The number of piperidine rings is 1. The molecule has 3 saturated heterocycles. The molecule has 0 aromatic heterocycles. The summed E-state index contributed by atoms with van der Waals surface area (Å²) in [6, 6.07) is 0.504. The molecule has 3 aliphatic rings. The molecular formula is C19H34N4O3S. The van der Waals surface area contributed by atoms with Crippen LogP contribution in [0.15, 0.2) is 0 Å². The summed E-state index contributed by atoms with van der Waals surface area (Å²) in [6.45, 7) is 12.3. The first-order chi connectivity index (χ1) is 13.0. The lowest BCUT2D eigenvalue weighted by Gasteiger charge is -2.39. The van der Waals surface area contributed by atoms with Crippen molar-refractivity contribution in [2.45, 2.75) is 45.2 Å². The monoisotopic (exact) mass is 398 g/mol. The van der Waals surface area contributed by atoms with Gasteiger partial charge >= 0.3 is 6.09 Å². The normalized spacial score (nSPS) is 25.1. The van der Waals surface area contributed by atoms with E-state index < -0.39 is 0 Å². The number of likely N-dealkylation sites (tertiary alicyclic amines) is 1. The van der Waals surface area contributed by atoms with Crippen LogP contribution in [0.25, 0.3) is 0 Å². The molecule has 0 radical (unpaired) electrons. The van der Waals surface area contributed by atoms with Gasteiger partial charge in [0.15, 0.2) is 5.11 Å². The molecule has 0 spiro atoms. The van der Waals surface area contributed by atoms with Crippen LogP contribution >= 0.6 is 12.2 Å². The Labute approximate surface area is 168 Å². The van der Waals surface area contributed by atoms with Gasteiger partial charge in [0.25, 0.3) is 0 Å². The fraction of sp³-hybridized carbons (Fsp3) is 0.895. The SMILES string of the molecule is CC(C)C[C@H]1COC(=O)N1C1CCN(C(=S)NCCN2CCOCC2)CC1. The number of ether oxygens (including phenoxy) is 2. The second-order valence-electron chi connectivity index (χ2n) is 8.17. The summed E-state index contributed by atoms with van der Waals surface area (Å²) >= 11 is 5.58. The van der Waals surface area contributed by atoms with Gasteiger partial charge < -0.3 is 19.7 Å². The smallest absolute Gasteiger partial charge is 0.410 e. The van der Waals surface area contributed by atoms with E-state index in [9.17, 15) is 4.79 Å². The highest BCUT2D eigenvalue weighted by Crippen LogP contribution is 2.27. The Bertz CT molecular complexity index is 505. The van der Waals surface area contributed by atoms with Gasteiger partial charge in [-0.15, -0.1) is 0 Å². The van der Waals surface area contributed by atoms with Gasteiger partial charge in [0, 0.05) is 45.3 Å². The Balaban J connectivity index is 1.39. The molecule has 0 unspecified atom stereocenters. The quantitative estimate of drug-likeness (QED) is 0.681. The summed E-state index contributed by atoms with van der Waals surface area (Å²) in [6.07, 6.45) is 2.78. The lowest BCUT2D eigenvalue weighted by molar-refractivity contribution is 0.0388. The molecule has 0 saturated carbocycles. The van der Waals surface area contributed by atoms with Gasteiger partial charge in [-0.1, -0.05) is 13.8 Å². The first-order valence-electron chi connectivity index (χ1n) is 10.3. The van der Waals surface area contributed by atoms with Crippen LogP contribution in [0.4, 0.5) is 4.79 Å². The van der Waals surface area contributed by atoms with E-state index in [0.29, 0.717) is 12.5 Å². The van der Waals surface area contributed by atoms with Crippen LogP contribution in [0.3, 0.4) is 0 Å². The first kappa shape index (κ1) is 20.6. The number of thiocarbonyl (C=S) groups is 1. The Hall–Kier alpha value is -1.12. The van der Waals surface area contributed by atoms with E-state index in [2.05, 4.69) is 29.0 Å². The van der Waals surface area contributed by atoms with Crippen LogP contribution < -0.4 is 5.32 Å². The first-order valence-corrected chi connectivity index (χ1v) is 10.7. The summed E-state index contributed by atoms with van der Waals surface area (Å²) in [5.41, 5.74) is 0. The summed E-state index contributed by atoms with van der Waals surface area (Å²) < 4.78 is 10.7. The number of amides is 1. The van der Waals surface area contributed by atoms with E-state index in [1.165, 1.54) is 0 Å². The molecule has 27 heavy (non-hydrogen) atoms. The van der Waals surface area contributed by atoms with Gasteiger partial charge in [-0.25, -0.2) is 4.79 Å². The third-order valence-electron chi connectivity index (χ3n) is 5.70. The molecule has 1 amide bonds. The van der Waals surface area contributed by atoms with Crippen LogP contribution in [-0.2, 0) is 9.47 Å². The Morgan fingerprint density at radius 2 is 1.93 bits per heavy atom. The van der Waals surface area contributed by atoms with Crippen molar-refractivity contribution in [1.82, 2.24) is 20.0 Å². The molecule has 154 valence electrons. The van der Waals surface area contributed by atoms with Gasteiger partial charge in [-0.2, -0.15) is 0 Å². The zero-order valence-electron chi connectivity index (χ0n) is 16.7. The minimum absolute atomic E-state index is 0.134.